The van der Waals surface area contributed by atoms with Gasteiger partial charge in [0.25, 0.3) is 0 Å². The molecule has 0 aliphatic rings. The highest BCUT2D eigenvalue weighted by molar-refractivity contribution is 5.69. The van der Waals surface area contributed by atoms with E-state index in [4.69, 9.17) is 9.47 Å². The molecule has 0 aliphatic carbocycles. The molecule has 0 aromatic heterocycles. The molecule has 44 heavy (non-hydrogen) atoms. The fraction of sp³-hybridized carbons (Fsp3) is 0.875. The van der Waals surface area contributed by atoms with Crippen LogP contribution in [-0.2, 0) is 14.3 Å². The highest BCUT2D eigenvalue weighted by Gasteiger charge is 2.13. The van der Waals surface area contributed by atoms with Gasteiger partial charge in [-0.2, -0.15) is 0 Å². The number of carbonyl (C=O) groups is 1. The topological polar surface area (TPSA) is 55.8 Å². The summed E-state index contributed by atoms with van der Waals surface area (Å²) in [7, 11) is 0. The summed E-state index contributed by atoms with van der Waals surface area (Å²) in [5.41, 5.74) is 0. The van der Waals surface area contributed by atoms with Crippen molar-refractivity contribution in [2.24, 2.45) is 0 Å². The van der Waals surface area contributed by atoms with E-state index < -0.39 is 6.10 Å². The number of aliphatic hydroxyl groups is 1. The van der Waals surface area contributed by atoms with E-state index in [1.54, 1.807) is 0 Å². The minimum Gasteiger partial charge on any atom is -0.457 e. The Labute approximate surface area is 275 Å². The molecule has 0 fully saturated rings. The van der Waals surface area contributed by atoms with Gasteiger partial charge in [-0.1, -0.05) is 173 Å². The quantitative estimate of drug-likeness (QED) is 0.0430. The van der Waals surface area contributed by atoms with E-state index >= 15 is 0 Å². The van der Waals surface area contributed by atoms with Gasteiger partial charge in [-0.25, -0.2) is 0 Å². The average Bonchev–Trinajstić information content (AvgIpc) is 3.03. The summed E-state index contributed by atoms with van der Waals surface area (Å²) in [6.45, 7) is 5.33. The first-order chi connectivity index (χ1) is 21.7. The smallest absolute Gasteiger partial charge is 0.306 e. The van der Waals surface area contributed by atoms with E-state index in [-0.39, 0.29) is 12.6 Å². The largest absolute Gasteiger partial charge is 0.457 e. The Morgan fingerprint density at radius 1 is 0.545 bits per heavy atom. The zero-order valence-electron chi connectivity index (χ0n) is 29.7. The third-order valence-corrected chi connectivity index (χ3v) is 8.53. The first-order valence-electron chi connectivity index (χ1n) is 19.4. The molecule has 0 spiro atoms. The maximum atomic E-state index is 12.2. The molecule has 0 aromatic carbocycles. The number of hydrogen-bond acceptors (Lipinski definition) is 4. The van der Waals surface area contributed by atoms with Crippen LogP contribution in [0.25, 0.3) is 0 Å². The second-order valence-electron chi connectivity index (χ2n) is 13.0. The Morgan fingerprint density at radius 2 is 0.955 bits per heavy atom. The van der Waals surface area contributed by atoms with Crippen LogP contribution in [0.3, 0.4) is 0 Å². The lowest BCUT2D eigenvalue weighted by Crippen LogP contribution is -2.27. The molecular formula is C40H76O4. The minimum absolute atomic E-state index is 0.172. The van der Waals surface area contributed by atoms with Crippen molar-refractivity contribution in [3.8, 4) is 0 Å². The molecule has 4 nitrogen and oxygen atoms in total. The van der Waals surface area contributed by atoms with Gasteiger partial charge in [0.15, 0.2) is 0 Å². The molecule has 0 rings (SSSR count). The summed E-state index contributed by atoms with van der Waals surface area (Å²) in [6.07, 6.45) is 45.0. The highest BCUT2D eigenvalue weighted by atomic mass is 16.6. The molecule has 0 saturated carbocycles. The third kappa shape index (κ3) is 35.4. The van der Waals surface area contributed by atoms with Crippen molar-refractivity contribution in [2.45, 2.75) is 206 Å². The van der Waals surface area contributed by atoms with Gasteiger partial charge in [0.05, 0.1) is 13.2 Å². The van der Waals surface area contributed by atoms with Crippen LogP contribution >= 0.6 is 0 Å². The molecule has 0 bridgehead atoms. The fourth-order valence-corrected chi connectivity index (χ4v) is 5.59. The molecule has 0 aliphatic heterocycles. The maximum absolute atomic E-state index is 12.2. The Balaban J connectivity index is 3.43. The number of rotatable bonds is 36. The van der Waals surface area contributed by atoms with Gasteiger partial charge in [-0.3, -0.25) is 4.79 Å². The molecule has 0 saturated heterocycles. The van der Waals surface area contributed by atoms with Crippen LogP contribution < -0.4 is 0 Å². The summed E-state index contributed by atoms with van der Waals surface area (Å²) >= 11 is 0. The van der Waals surface area contributed by atoms with Gasteiger partial charge >= 0.3 is 5.97 Å². The zero-order chi connectivity index (χ0) is 32.0. The van der Waals surface area contributed by atoms with Gasteiger partial charge in [-0.15, -0.1) is 0 Å². The van der Waals surface area contributed by atoms with E-state index in [1.807, 2.05) is 0 Å². The lowest BCUT2D eigenvalue weighted by molar-refractivity contribution is -0.154. The summed E-state index contributed by atoms with van der Waals surface area (Å²) in [6, 6.07) is 0. The van der Waals surface area contributed by atoms with Crippen molar-refractivity contribution in [3.63, 3.8) is 0 Å². The number of carbonyl (C=O) groups excluding carboxylic acids is 1. The van der Waals surface area contributed by atoms with Crippen LogP contribution in [0.1, 0.15) is 200 Å². The number of esters is 1. The number of allylic oxidation sites excluding steroid dienone is 4. The third-order valence-electron chi connectivity index (χ3n) is 8.53. The Morgan fingerprint density at radius 3 is 1.43 bits per heavy atom. The van der Waals surface area contributed by atoms with Crippen LogP contribution in [-0.4, -0.2) is 37.0 Å². The van der Waals surface area contributed by atoms with Crippen molar-refractivity contribution in [2.75, 3.05) is 19.8 Å². The van der Waals surface area contributed by atoms with Gasteiger partial charge in [0.1, 0.15) is 6.10 Å². The number of hydrogen-bond donors (Lipinski definition) is 1. The van der Waals surface area contributed by atoms with Gasteiger partial charge in [0.2, 0.25) is 0 Å². The average molecular weight is 621 g/mol. The van der Waals surface area contributed by atoms with Crippen molar-refractivity contribution < 1.29 is 19.4 Å². The van der Waals surface area contributed by atoms with E-state index in [1.165, 1.54) is 154 Å². The molecule has 260 valence electrons. The van der Waals surface area contributed by atoms with E-state index in [2.05, 4.69) is 38.2 Å². The molecule has 0 aromatic rings. The number of aliphatic hydroxyl groups excluding tert-OH is 1. The van der Waals surface area contributed by atoms with Gasteiger partial charge in [0, 0.05) is 13.0 Å². The van der Waals surface area contributed by atoms with Crippen molar-refractivity contribution >= 4 is 5.97 Å². The normalized spacial score (nSPS) is 12.5. The van der Waals surface area contributed by atoms with Gasteiger partial charge < -0.3 is 14.6 Å². The minimum atomic E-state index is -0.534. The van der Waals surface area contributed by atoms with E-state index in [0.29, 0.717) is 19.6 Å². The van der Waals surface area contributed by atoms with Crippen molar-refractivity contribution in [1.29, 1.82) is 0 Å². The van der Waals surface area contributed by atoms with Gasteiger partial charge in [-0.05, 0) is 44.9 Å². The fourth-order valence-electron chi connectivity index (χ4n) is 5.59. The van der Waals surface area contributed by atoms with E-state index in [9.17, 15) is 9.90 Å². The molecular weight excluding hydrogens is 544 g/mol. The second-order valence-corrected chi connectivity index (χ2v) is 13.0. The summed E-state index contributed by atoms with van der Waals surface area (Å²) < 4.78 is 11.1. The molecule has 0 radical (unpaired) electrons. The standard InChI is InChI=1S/C40H76O4/c1-3-5-7-9-11-13-15-17-19-20-22-24-26-28-30-32-34-36-43-38-39(37-41)44-40(42)35-33-31-29-27-25-23-21-18-16-14-12-10-8-6-4-2/h13,15,19-20,39,41H,3-12,14,16-18,21-38H2,1-2H3/b15-13-,20-19-. The summed E-state index contributed by atoms with van der Waals surface area (Å²) in [5, 5.41) is 9.56. The van der Waals surface area contributed by atoms with Crippen LogP contribution in [0.5, 0.6) is 0 Å². The first-order valence-corrected chi connectivity index (χ1v) is 19.4. The highest BCUT2D eigenvalue weighted by Crippen LogP contribution is 2.14. The Hall–Kier alpha value is -1.13. The molecule has 0 amide bonds. The predicted octanol–water partition coefficient (Wildman–Crippen LogP) is 12.4. The van der Waals surface area contributed by atoms with Crippen LogP contribution in [0.4, 0.5) is 0 Å². The summed E-state index contributed by atoms with van der Waals surface area (Å²) in [4.78, 5) is 12.2. The zero-order valence-corrected chi connectivity index (χ0v) is 29.7. The predicted molar refractivity (Wildman–Crippen MR) is 191 cm³/mol. The summed E-state index contributed by atoms with van der Waals surface area (Å²) in [5.74, 6) is -0.202. The SMILES string of the molecule is CCCCCC/C=C\C/C=C\CCCCCCCCOCC(CO)OC(=O)CCCCCCCCCCCCCCCCC. The van der Waals surface area contributed by atoms with Crippen molar-refractivity contribution in [1.82, 2.24) is 0 Å². The van der Waals surface area contributed by atoms with Crippen LogP contribution in [0.2, 0.25) is 0 Å². The molecule has 1 atom stereocenters. The number of unbranched alkanes of at least 4 members (excludes halogenated alkanes) is 24. The monoisotopic (exact) mass is 621 g/mol. The van der Waals surface area contributed by atoms with Crippen LogP contribution in [0.15, 0.2) is 24.3 Å². The lowest BCUT2D eigenvalue weighted by Gasteiger charge is -2.15. The lowest BCUT2D eigenvalue weighted by atomic mass is 10.0. The Kier molecular flexibility index (Phi) is 37.1. The molecule has 1 N–H and O–H groups in total. The second kappa shape index (κ2) is 38.1. The molecule has 0 heterocycles. The van der Waals surface area contributed by atoms with E-state index in [0.717, 1.165) is 25.7 Å². The molecule has 1 unspecified atom stereocenters. The molecule has 4 heteroatoms. The van der Waals surface area contributed by atoms with Crippen molar-refractivity contribution in [3.05, 3.63) is 24.3 Å². The maximum Gasteiger partial charge on any atom is 0.306 e. The first kappa shape index (κ1) is 42.9. The van der Waals surface area contributed by atoms with Crippen LogP contribution in [0, 0.1) is 0 Å². The Bertz CT molecular complexity index is 614. The number of ether oxygens (including phenoxy) is 2.